The van der Waals surface area contributed by atoms with Gasteiger partial charge in [-0.15, -0.1) is 0 Å². The molecule has 0 radical (unpaired) electrons. The van der Waals surface area contributed by atoms with Crippen LogP contribution in [0.2, 0.25) is 0 Å². The van der Waals surface area contributed by atoms with E-state index >= 15 is 0 Å². The largest absolute Gasteiger partial charge is 0.368 e. The topological polar surface area (TPSA) is 82.8 Å². The van der Waals surface area contributed by atoms with E-state index in [9.17, 15) is 14.0 Å². The highest BCUT2D eigenvalue weighted by Gasteiger charge is 2.40. The van der Waals surface area contributed by atoms with E-state index in [0.29, 0.717) is 37.7 Å². The zero-order valence-electron chi connectivity index (χ0n) is 19.7. The molecule has 2 atom stereocenters. The van der Waals surface area contributed by atoms with Crippen LogP contribution in [0.25, 0.3) is 0 Å². The van der Waals surface area contributed by atoms with Crippen molar-refractivity contribution in [2.75, 3.05) is 36.4 Å². The number of amides is 2. The van der Waals surface area contributed by atoms with Crippen molar-refractivity contribution < 1.29 is 14.0 Å². The Hall–Kier alpha value is -4.01. The van der Waals surface area contributed by atoms with Gasteiger partial charge in [0.25, 0.3) is 0 Å². The fourth-order valence-electron chi connectivity index (χ4n) is 4.88. The average Bonchev–Trinajstić information content (AvgIpc) is 3.32. The molecule has 3 heterocycles. The van der Waals surface area contributed by atoms with Gasteiger partial charge in [0.2, 0.25) is 11.8 Å². The van der Waals surface area contributed by atoms with Gasteiger partial charge in [-0.1, -0.05) is 12.1 Å². The summed E-state index contributed by atoms with van der Waals surface area (Å²) in [5.41, 5.74) is 3.32. The molecule has 2 unspecified atom stereocenters. The van der Waals surface area contributed by atoms with Crippen LogP contribution in [-0.4, -0.2) is 58.4 Å². The summed E-state index contributed by atoms with van der Waals surface area (Å²) in [5, 5.41) is 7.27. The molecule has 0 saturated carbocycles. The maximum atomic E-state index is 13.9. The summed E-state index contributed by atoms with van der Waals surface area (Å²) in [6.07, 6.45) is 1.69. The fraction of sp³-hybridized carbons (Fsp3) is 0.308. The van der Waals surface area contributed by atoms with Gasteiger partial charge < -0.3 is 15.1 Å². The van der Waals surface area contributed by atoms with Gasteiger partial charge in [-0.25, -0.2) is 14.1 Å². The number of piperazine rings is 1. The van der Waals surface area contributed by atoms with Crippen molar-refractivity contribution in [1.29, 1.82) is 0 Å². The number of anilines is 2. The maximum absolute atomic E-state index is 13.9. The number of halogens is 1. The van der Waals surface area contributed by atoms with Crippen molar-refractivity contribution in [2.24, 2.45) is 10.9 Å². The van der Waals surface area contributed by atoms with E-state index in [1.165, 1.54) is 19.1 Å². The summed E-state index contributed by atoms with van der Waals surface area (Å²) in [5.74, 6) is -0.165. The number of nitrogens with zero attached hydrogens (tertiary/aromatic N) is 5. The zero-order valence-corrected chi connectivity index (χ0v) is 19.7. The first-order chi connectivity index (χ1) is 16.9. The molecule has 2 aromatic carbocycles. The number of carbonyl (C=O) groups excluding carboxylic acids is 2. The van der Waals surface area contributed by atoms with Gasteiger partial charge in [-0.05, 0) is 48.9 Å². The first kappa shape index (κ1) is 22.8. The Kier molecular flexibility index (Phi) is 6.07. The molecule has 1 N–H and O–H groups in total. The summed E-state index contributed by atoms with van der Waals surface area (Å²) in [6.45, 7) is 5.84. The predicted molar refractivity (Wildman–Crippen MR) is 133 cm³/mol. The van der Waals surface area contributed by atoms with Crippen molar-refractivity contribution in [3.05, 3.63) is 72.2 Å². The highest BCUT2D eigenvalue weighted by Crippen LogP contribution is 2.37. The van der Waals surface area contributed by atoms with Crippen LogP contribution in [0.3, 0.4) is 0 Å². The molecule has 2 aliphatic rings. The lowest BCUT2D eigenvalue weighted by atomic mass is 9.86. The molecule has 2 amide bonds. The SMILES string of the molecule is CC(=O)Nc1ccc(C2C(C(=O)N3CCN(c4ccc(F)cc4)CC3)C(C)=Nc3ccnn32)cc1. The summed E-state index contributed by atoms with van der Waals surface area (Å²) in [7, 11) is 0. The standard InChI is InChI=1S/C26H27FN6O2/c1-17-24(26(35)32-15-13-31(14-16-32)22-9-5-20(27)6-10-22)25(33-23(29-17)11-12-28-33)19-3-7-21(8-4-19)30-18(2)34/h3-12,24-25H,13-16H2,1-2H3,(H,30,34). The second kappa shape index (κ2) is 9.32. The van der Waals surface area contributed by atoms with Crippen LogP contribution in [0.1, 0.15) is 25.5 Å². The molecule has 0 bridgehead atoms. The van der Waals surface area contributed by atoms with Crippen molar-refractivity contribution in [2.45, 2.75) is 19.9 Å². The van der Waals surface area contributed by atoms with Crippen LogP contribution in [0.4, 0.5) is 21.6 Å². The third-order valence-electron chi connectivity index (χ3n) is 6.59. The molecule has 1 fully saturated rings. The minimum Gasteiger partial charge on any atom is -0.368 e. The normalized spacial score (nSPS) is 19.7. The first-order valence-electron chi connectivity index (χ1n) is 11.7. The number of hydrogen-bond donors (Lipinski definition) is 1. The Morgan fingerprint density at radius 1 is 0.971 bits per heavy atom. The van der Waals surface area contributed by atoms with Gasteiger partial charge in [0.15, 0.2) is 5.82 Å². The molecule has 0 aliphatic carbocycles. The molecule has 8 nitrogen and oxygen atoms in total. The van der Waals surface area contributed by atoms with Crippen molar-refractivity contribution >= 4 is 34.7 Å². The van der Waals surface area contributed by atoms with Crippen molar-refractivity contribution in [1.82, 2.24) is 14.7 Å². The van der Waals surface area contributed by atoms with E-state index in [4.69, 9.17) is 0 Å². The molecule has 9 heteroatoms. The smallest absolute Gasteiger partial charge is 0.234 e. The van der Waals surface area contributed by atoms with Crippen LogP contribution in [0, 0.1) is 11.7 Å². The van der Waals surface area contributed by atoms with Crippen molar-refractivity contribution in [3.63, 3.8) is 0 Å². The quantitative estimate of drug-likeness (QED) is 0.626. The molecule has 1 aromatic heterocycles. The summed E-state index contributed by atoms with van der Waals surface area (Å²) < 4.78 is 15.1. The minimum atomic E-state index is -0.494. The molecule has 2 aliphatic heterocycles. The van der Waals surface area contributed by atoms with Crippen LogP contribution in [0.15, 0.2) is 65.8 Å². The maximum Gasteiger partial charge on any atom is 0.234 e. The third-order valence-corrected chi connectivity index (χ3v) is 6.59. The second-order valence-electron chi connectivity index (χ2n) is 8.90. The highest BCUT2D eigenvalue weighted by molar-refractivity contribution is 6.05. The Bertz CT molecular complexity index is 1260. The van der Waals surface area contributed by atoms with Gasteiger partial charge in [0.05, 0.1) is 12.2 Å². The highest BCUT2D eigenvalue weighted by atomic mass is 19.1. The van der Waals surface area contributed by atoms with Crippen molar-refractivity contribution in [3.8, 4) is 0 Å². The number of rotatable bonds is 4. The van der Waals surface area contributed by atoms with Gasteiger partial charge in [-0.2, -0.15) is 5.10 Å². The summed E-state index contributed by atoms with van der Waals surface area (Å²) in [6, 6.07) is 15.5. The first-order valence-corrected chi connectivity index (χ1v) is 11.7. The van der Waals surface area contributed by atoms with Gasteiger partial charge >= 0.3 is 0 Å². The number of fused-ring (bicyclic) bond motifs is 1. The van der Waals surface area contributed by atoms with E-state index in [-0.39, 0.29) is 23.7 Å². The lowest BCUT2D eigenvalue weighted by molar-refractivity contribution is -0.134. The number of benzene rings is 2. The third kappa shape index (κ3) is 4.53. The number of carbonyl (C=O) groups is 2. The zero-order chi connectivity index (χ0) is 24.5. The molecule has 3 aromatic rings. The van der Waals surface area contributed by atoms with Crippen LogP contribution < -0.4 is 10.2 Å². The van der Waals surface area contributed by atoms with E-state index < -0.39 is 5.92 Å². The van der Waals surface area contributed by atoms with E-state index in [1.54, 1.807) is 23.0 Å². The van der Waals surface area contributed by atoms with E-state index in [0.717, 1.165) is 17.0 Å². The monoisotopic (exact) mass is 474 g/mol. The molecule has 35 heavy (non-hydrogen) atoms. The Morgan fingerprint density at radius 3 is 2.31 bits per heavy atom. The Labute approximate surface area is 203 Å². The lowest BCUT2D eigenvalue weighted by Crippen LogP contribution is -2.53. The molecular weight excluding hydrogens is 447 g/mol. The molecule has 0 spiro atoms. The minimum absolute atomic E-state index is 0.0158. The number of hydrogen-bond acceptors (Lipinski definition) is 5. The molecular formula is C26H27FN6O2. The summed E-state index contributed by atoms with van der Waals surface area (Å²) in [4.78, 5) is 34.0. The van der Waals surface area contributed by atoms with Crippen LogP contribution >= 0.6 is 0 Å². The molecule has 1 saturated heterocycles. The van der Waals surface area contributed by atoms with Gasteiger partial charge in [-0.3, -0.25) is 9.59 Å². The lowest BCUT2D eigenvalue weighted by Gasteiger charge is -2.40. The summed E-state index contributed by atoms with van der Waals surface area (Å²) >= 11 is 0. The Balaban J connectivity index is 1.38. The number of nitrogens with one attached hydrogen (secondary N) is 1. The van der Waals surface area contributed by atoms with Gasteiger partial charge in [0.1, 0.15) is 11.7 Å². The fourth-order valence-corrected chi connectivity index (χ4v) is 4.88. The molecule has 180 valence electrons. The van der Waals surface area contributed by atoms with Gasteiger partial charge in [0, 0.05) is 56.3 Å². The van der Waals surface area contributed by atoms with E-state index in [1.807, 2.05) is 42.2 Å². The number of aliphatic imine (C=N–C) groups is 1. The molecule has 5 rings (SSSR count). The van der Waals surface area contributed by atoms with E-state index in [2.05, 4.69) is 20.3 Å². The number of aromatic nitrogens is 2. The second-order valence-corrected chi connectivity index (χ2v) is 8.90. The Morgan fingerprint density at radius 2 is 1.66 bits per heavy atom. The average molecular weight is 475 g/mol. The predicted octanol–water partition coefficient (Wildman–Crippen LogP) is 3.64. The van der Waals surface area contributed by atoms with Crippen LogP contribution in [0.5, 0.6) is 0 Å². The van der Waals surface area contributed by atoms with Crippen LogP contribution in [-0.2, 0) is 9.59 Å².